The lowest BCUT2D eigenvalue weighted by Gasteiger charge is -2.19. The van der Waals surface area contributed by atoms with Crippen LogP contribution in [0.2, 0.25) is 0 Å². The highest BCUT2D eigenvalue weighted by molar-refractivity contribution is 4.92. The van der Waals surface area contributed by atoms with Crippen molar-refractivity contribution in [2.24, 2.45) is 11.8 Å². The van der Waals surface area contributed by atoms with Crippen LogP contribution in [0.25, 0.3) is 0 Å². The van der Waals surface area contributed by atoms with Gasteiger partial charge in [-0.15, -0.1) is 0 Å². The third-order valence-corrected chi connectivity index (χ3v) is 3.65. The molecule has 1 saturated carbocycles. The van der Waals surface area contributed by atoms with Crippen molar-refractivity contribution < 1.29 is 0 Å². The van der Waals surface area contributed by atoms with Crippen LogP contribution in [0.15, 0.2) is 12.2 Å². The molecule has 0 bridgehead atoms. The van der Waals surface area contributed by atoms with Crippen LogP contribution in [-0.2, 0) is 0 Å². The molecule has 1 rings (SSSR count). The third kappa shape index (κ3) is 4.83. The van der Waals surface area contributed by atoms with E-state index in [2.05, 4.69) is 32.7 Å². The maximum atomic E-state index is 3.94. The molecule has 88 valence electrons. The maximum Gasteiger partial charge on any atom is 0.0161 e. The minimum Gasteiger partial charge on any atom is -0.310 e. The fourth-order valence-electron chi connectivity index (χ4n) is 2.52. The molecule has 1 fully saturated rings. The van der Waals surface area contributed by atoms with E-state index in [0.717, 1.165) is 24.4 Å². The summed E-state index contributed by atoms with van der Waals surface area (Å²) in [6.45, 7) is 11.8. The Bertz CT molecular complexity index is 196. The summed E-state index contributed by atoms with van der Waals surface area (Å²) in [6, 6.07) is 0.741. The minimum absolute atomic E-state index is 0.741. The van der Waals surface area contributed by atoms with Gasteiger partial charge in [-0.1, -0.05) is 38.8 Å². The van der Waals surface area contributed by atoms with Crippen LogP contribution < -0.4 is 5.32 Å². The Hall–Kier alpha value is -0.300. The number of hydrogen-bond acceptors (Lipinski definition) is 1. The molecule has 1 nitrogen and oxygen atoms in total. The number of nitrogens with one attached hydrogen (secondary N) is 1. The molecule has 0 heterocycles. The van der Waals surface area contributed by atoms with E-state index in [4.69, 9.17) is 0 Å². The van der Waals surface area contributed by atoms with Gasteiger partial charge < -0.3 is 5.32 Å². The van der Waals surface area contributed by atoms with E-state index in [1.807, 2.05) is 0 Å². The van der Waals surface area contributed by atoms with Crippen LogP contribution in [-0.4, -0.2) is 12.6 Å². The van der Waals surface area contributed by atoms with Crippen molar-refractivity contribution in [3.05, 3.63) is 12.2 Å². The summed E-state index contributed by atoms with van der Waals surface area (Å²) in [7, 11) is 0. The zero-order valence-corrected chi connectivity index (χ0v) is 10.7. The first kappa shape index (κ1) is 12.8. The summed E-state index contributed by atoms with van der Waals surface area (Å²) < 4.78 is 0. The first-order chi connectivity index (χ1) is 7.09. The number of hydrogen-bond donors (Lipinski definition) is 1. The lowest BCUT2D eigenvalue weighted by atomic mass is 9.89. The van der Waals surface area contributed by atoms with Crippen LogP contribution in [0.3, 0.4) is 0 Å². The van der Waals surface area contributed by atoms with Crippen molar-refractivity contribution in [3.63, 3.8) is 0 Å². The predicted octanol–water partition coefficient (Wildman–Crippen LogP) is 3.76. The van der Waals surface area contributed by atoms with Crippen molar-refractivity contribution in [1.82, 2.24) is 5.32 Å². The zero-order valence-electron chi connectivity index (χ0n) is 10.7. The smallest absolute Gasteiger partial charge is 0.0161 e. The zero-order chi connectivity index (χ0) is 11.3. The number of rotatable bonds is 4. The Labute approximate surface area is 95.3 Å². The van der Waals surface area contributed by atoms with Crippen molar-refractivity contribution in [2.75, 3.05) is 6.54 Å². The Balaban J connectivity index is 2.29. The third-order valence-electron chi connectivity index (χ3n) is 3.65. The van der Waals surface area contributed by atoms with Crippen molar-refractivity contribution >= 4 is 0 Å². The van der Waals surface area contributed by atoms with E-state index >= 15 is 0 Å². The standard InChI is InChI=1S/C14H27N/c1-11(2)10-15-14-7-5-6-13(8-9-14)12(3)4/h12-15H,1,5-10H2,2-4H3. The van der Waals surface area contributed by atoms with Gasteiger partial charge in [0.1, 0.15) is 0 Å². The molecular formula is C14H27N. The monoisotopic (exact) mass is 209 g/mol. The van der Waals surface area contributed by atoms with Gasteiger partial charge in [0.05, 0.1) is 0 Å². The van der Waals surface area contributed by atoms with E-state index < -0.39 is 0 Å². The van der Waals surface area contributed by atoms with E-state index in [1.54, 1.807) is 0 Å². The lowest BCUT2D eigenvalue weighted by Crippen LogP contribution is -2.29. The van der Waals surface area contributed by atoms with E-state index in [1.165, 1.54) is 37.7 Å². The quantitative estimate of drug-likeness (QED) is 0.549. The molecule has 1 aliphatic carbocycles. The van der Waals surface area contributed by atoms with E-state index in [9.17, 15) is 0 Å². The molecule has 1 N–H and O–H groups in total. The fraction of sp³-hybridized carbons (Fsp3) is 0.857. The summed E-state index contributed by atoms with van der Waals surface area (Å²) in [5.41, 5.74) is 1.25. The molecule has 0 aromatic heterocycles. The van der Waals surface area contributed by atoms with Crippen molar-refractivity contribution in [3.8, 4) is 0 Å². The van der Waals surface area contributed by atoms with Crippen LogP contribution in [0, 0.1) is 11.8 Å². The Morgan fingerprint density at radius 1 is 1.27 bits per heavy atom. The van der Waals surface area contributed by atoms with Gasteiger partial charge in [-0.2, -0.15) is 0 Å². The molecule has 0 radical (unpaired) electrons. The molecule has 2 atom stereocenters. The second-order valence-corrected chi connectivity index (χ2v) is 5.55. The van der Waals surface area contributed by atoms with Gasteiger partial charge in [0, 0.05) is 12.6 Å². The molecule has 0 amide bonds. The van der Waals surface area contributed by atoms with Gasteiger partial charge in [-0.05, 0) is 38.0 Å². The van der Waals surface area contributed by atoms with Crippen LogP contribution in [0.5, 0.6) is 0 Å². The molecule has 0 aromatic rings. The highest BCUT2D eigenvalue weighted by Crippen LogP contribution is 2.28. The van der Waals surface area contributed by atoms with E-state index in [0.29, 0.717) is 0 Å². The Morgan fingerprint density at radius 3 is 2.60 bits per heavy atom. The highest BCUT2D eigenvalue weighted by Gasteiger charge is 2.20. The van der Waals surface area contributed by atoms with Gasteiger partial charge in [0.25, 0.3) is 0 Å². The van der Waals surface area contributed by atoms with Gasteiger partial charge in [-0.25, -0.2) is 0 Å². The second-order valence-electron chi connectivity index (χ2n) is 5.55. The summed E-state index contributed by atoms with van der Waals surface area (Å²) in [6.07, 6.45) is 6.96. The van der Waals surface area contributed by atoms with Gasteiger partial charge in [0.15, 0.2) is 0 Å². The average molecular weight is 209 g/mol. The highest BCUT2D eigenvalue weighted by atomic mass is 14.9. The summed E-state index contributed by atoms with van der Waals surface area (Å²) in [4.78, 5) is 0. The van der Waals surface area contributed by atoms with Crippen molar-refractivity contribution in [1.29, 1.82) is 0 Å². The van der Waals surface area contributed by atoms with E-state index in [-0.39, 0.29) is 0 Å². The topological polar surface area (TPSA) is 12.0 Å². The summed E-state index contributed by atoms with van der Waals surface area (Å²) in [5.74, 6) is 1.83. The predicted molar refractivity (Wildman–Crippen MR) is 68.0 cm³/mol. The summed E-state index contributed by atoms with van der Waals surface area (Å²) >= 11 is 0. The molecule has 0 saturated heterocycles. The Kier molecular flexibility index (Phi) is 5.38. The van der Waals surface area contributed by atoms with Gasteiger partial charge in [0.2, 0.25) is 0 Å². The fourth-order valence-corrected chi connectivity index (χ4v) is 2.52. The van der Waals surface area contributed by atoms with Crippen molar-refractivity contribution in [2.45, 2.75) is 58.9 Å². The van der Waals surface area contributed by atoms with Gasteiger partial charge in [-0.3, -0.25) is 0 Å². The van der Waals surface area contributed by atoms with Crippen LogP contribution in [0.4, 0.5) is 0 Å². The van der Waals surface area contributed by atoms with Gasteiger partial charge >= 0.3 is 0 Å². The SMILES string of the molecule is C=C(C)CNC1CCCC(C(C)C)CC1. The van der Waals surface area contributed by atoms with Crippen LogP contribution in [0.1, 0.15) is 52.9 Å². The largest absolute Gasteiger partial charge is 0.310 e. The van der Waals surface area contributed by atoms with Crippen LogP contribution >= 0.6 is 0 Å². The average Bonchev–Trinajstić information content (AvgIpc) is 2.39. The first-order valence-corrected chi connectivity index (χ1v) is 6.47. The lowest BCUT2D eigenvalue weighted by molar-refractivity contribution is 0.338. The minimum atomic E-state index is 0.741. The molecule has 1 heteroatoms. The molecule has 2 unspecified atom stereocenters. The molecule has 1 aliphatic rings. The molecular weight excluding hydrogens is 182 g/mol. The second kappa shape index (κ2) is 6.32. The molecule has 0 aliphatic heterocycles. The Morgan fingerprint density at radius 2 is 2.00 bits per heavy atom. The first-order valence-electron chi connectivity index (χ1n) is 6.47. The molecule has 0 spiro atoms. The maximum absolute atomic E-state index is 3.94. The molecule has 15 heavy (non-hydrogen) atoms. The molecule has 0 aromatic carbocycles. The normalized spacial score (nSPS) is 27.7. The summed E-state index contributed by atoms with van der Waals surface area (Å²) in [5, 5.41) is 3.62.